The molecule has 0 spiro atoms. The van der Waals surface area contributed by atoms with Gasteiger partial charge < -0.3 is 15.0 Å². The molecule has 17 heavy (non-hydrogen) atoms. The highest BCUT2D eigenvalue weighted by atomic mass is 16.5. The molecule has 2 aliphatic rings. The van der Waals surface area contributed by atoms with Crippen molar-refractivity contribution in [2.75, 3.05) is 20.2 Å². The van der Waals surface area contributed by atoms with Gasteiger partial charge in [0.05, 0.1) is 0 Å². The van der Waals surface area contributed by atoms with Crippen LogP contribution in [0.2, 0.25) is 0 Å². The predicted molar refractivity (Wildman–Crippen MR) is 66.8 cm³/mol. The van der Waals surface area contributed by atoms with Gasteiger partial charge in [-0.05, 0) is 46.1 Å². The molecule has 1 unspecified atom stereocenters. The van der Waals surface area contributed by atoms with E-state index >= 15 is 0 Å². The summed E-state index contributed by atoms with van der Waals surface area (Å²) in [4.78, 5) is 14.5. The van der Waals surface area contributed by atoms with Crippen LogP contribution in [0.3, 0.4) is 0 Å². The van der Waals surface area contributed by atoms with Gasteiger partial charge in [0, 0.05) is 25.7 Å². The minimum atomic E-state index is -0.693. The summed E-state index contributed by atoms with van der Waals surface area (Å²) in [6, 6.07) is 0.937. The van der Waals surface area contributed by atoms with E-state index in [0.717, 1.165) is 25.9 Å². The van der Waals surface area contributed by atoms with Gasteiger partial charge in [-0.2, -0.15) is 0 Å². The minimum absolute atomic E-state index is 0.135. The van der Waals surface area contributed by atoms with Crippen molar-refractivity contribution in [3.05, 3.63) is 0 Å². The molecule has 98 valence electrons. The van der Waals surface area contributed by atoms with Gasteiger partial charge in [-0.1, -0.05) is 0 Å². The van der Waals surface area contributed by atoms with Crippen LogP contribution in [-0.4, -0.2) is 48.7 Å². The molecule has 1 N–H and O–H groups in total. The summed E-state index contributed by atoms with van der Waals surface area (Å²) >= 11 is 0. The summed E-state index contributed by atoms with van der Waals surface area (Å²) in [6.45, 7) is 5.64. The van der Waals surface area contributed by atoms with Gasteiger partial charge in [-0.15, -0.1) is 0 Å². The van der Waals surface area contributed by atoms with Crippen LogP contribution >= 0.6 is 0 Å². The summed E-state index contributed by atoms with van der Waals surface area (Å²) in [6.07, 6.45) is 4.71. The SMILES string of the molecule is COC(C)(C)C(=O)N(CC1CCCN1)C1CC1. The number of nitrogens with one attached hydrogen (secondary N) is 1. The zero-order chi connectivity index (χ0) is 12.5. The van der Waals surface area contributed by atoms with E-state index in [2.05, 4.69) is 5.32 Å². The molecule has 1 aliphatic carbocycles. The van der Waals surface area contributed by atoms with Crippen molar-refractivity contribution in [2.24, 2.45) is 0 Å². The predicted octanol–water partition coefficient (Wildman–Crippen LogP) is 1.15. The Bertz CT molecular complexity index is 281. The van der Waals surface area contributed by atoms with Crippen molar-refractivity contribution in [1.29, 1.82) is 0 Å². The first-order valence-corrected chi connectivity index (χ1v) is 6.64. The second-order valence-electron chi connectivity index (χ2n) is 5.70. The number of amides is 1. The van der Waals surface area contributed by atoms with Crippen molar-refractivity contribution in [3.8, 4) is 0 Å². The fraction of sp³-hybridized carbons (Fsp3) is 0.923. The Labute approximate surface area is 104 Å². The Morgan fingerprint density at radius 3 is 2.59 bits per heavy atom. The maximum Gasteiger partial charge on any atom is 0.254 e. The van der Waals surface area contributed by atoms with Crippen LogP contribution in [0.5, 0.6) is 0 Å². The Balaban J connectivity index is 1.98. The topological polar surface area (TPSA) is 41.6 Å². The number of carbonyl (C=O) groups excluding carboxylic acids is 1. The maximum absolute atomic E-state index is 12.4. The van der Waals surface area contributed by atoms with E-state index in [1.165, 1.54) is 12.8 Å². The molecule has 2 rings (SSSR count). The van der Waals surface area contributed by atoms with Gasteiger partial charge in [0.25, 0.3) is 5.91 Å². The zero-order valence-corrected chi connectivity index (χ0v) is 11.2. The number of nitrogens with zero attached hydrogens (tertiary/aromatic N) is 1. The molecule has 1 saturated carbocycles. The third-order valence-corrected chi connectivity index (χ3v) is 3.85. The van der Waals surface area contributed by atoms with Crippen molar-refractivity contribution in [1.82, 2.24) is 10.2 Å². The Hall–Kier alpha value is -0.610. The highest BCUT2D eigenvalue weighted by Crippen LogP contribution is 2.30. The molecule has 1 heterocycles. The molecule has 0 bridgehead atoms. The second kappa shape index (κ2) is 4.94. The van der Waals surface area contributed by atoms with Crippen molar-refractivity contribution in [3.63, 3.8) is 0 Å². The summed E-state index contributed by atoms with van der Waals surface area (Å²) in [5.41, 5.74) is -0.693. The number of methoxy groups -OCH3 is 1. The fourth-order valence-electron chi connectivity index (χ4n) is 2.37. The number of rotatable bonds is 5. The third kappa shape index (κ3) is 2.99. The van der Waals surface area contributed by atoms with Crippen LogP contribution in [0.1, 0.15) is 39.5 Å². The van der Waals surface area contributed by atoms with Crippen LogP contribution < -0.4 is 5.32 Å². The molecule has 1 aliphatic heterocycles. The van der Waals surface area contributed by atoms with E-state index in [1.54, 1.807) is 7.11 Å². The van der Waals surface area contributed by atoms with E-state index in [9.17, 15) is 4.79 Å². The summed E-state index contributed by atoms with van der Waals surface area (Å²) in [5.74, 6) is 0.135. The molecule has 1 saturated heterocycles. The minimum Gasteiger partial charge on any atom is -0.369 e. The molecule has 4 heteroatoms. The van der Waals surface area contributed by atoms with Crippen LogP contribution in [0.25, 0.3) is 0 Å². The third-order valence-electron chi connectivity index (χ3n) is 3.85. The molecule has 1 atom stereocenters. The van der Waals surface area contributed by atoms with Gasteiger partial charge in [-0.3, -0.25) is 4.79 Å². The lowest BCUT2D eigenvalue weighted by Crippen LogP contribution is -2.51. The number of carbonyl (C=O) groups is 1. The van der Waals surface area contributed by atoms with E-state index in [0.29, 0.717) is 12.1 Å². The summed E-state index contributed by atoms with van der Waals surface area (Å²) in [7, 11) is 1.61. The molecule has 0 aromatic rings. The quantitative estimate of drug-likeness (QED) is 0.784. The van der Waals surface area contributed by atoms with E-state index in [-0.39, 0.29) is 5.91 Å². The molecule has 1 amide bonds. The first-order chi connectivity index (χ1) is 8.04. The van der Waals surface area contributed by atoms with E-state index < -0.39 is 5.60 Å². The van der Waals surface area contributed by atoms with Gasteiger partial charge in [0.2, 0.25) is 0 Å². The molecule has 4 nitrogen and oxygen atoms in total. The molecule has 0 radical (unpaired) electrons. The van der Waals surface area contributed by atoms with Crippen LogP contribution in [0, 0.1) is 0 Å². The van der Waals surface area contributed by atoms with E-state index in [1.807, 2.05) is 18.7 Å². The van der Waals surface area contributed by atoms with Crippen molar-refractivity contribution in [2.45, 2.75) is 57.2 Å². The monoisotopic (exact) mass is 240 g/mol. The Kier molecular flexibility index (Phi) is 3.73. The highest BCUT2D eigenvalue weighted by Gasteiger charge is 2.40. The lowest BCUT2D eigenvalue weighted by Gasteiger charge is -2.32. The molecular weight excluding hydrogens is 216 g/mol. The molecule has 0 aromatic carbocycles. The zero-order valence-electron chi connectivity index (χ0n) is 11.2. The van der Waals surface area contributed by atoms with Gasteiger partial charge >= 0.3 is 0 Å². The Morgan fingerprint density at radius 2 is 2.12 bits per heavy atom. The normalized spacial score (nSPS) is 25.0. The van der Waals surface area contributed by atoms with Crippen LogP contribution in [0.4, 0.5) is 0 Å². The molecular formula is C13H24N2O2. The fourth-order valence-corrected chi connectivity index (χ4v) is 2.37. The van der Waals surface area contributed by atoms with Crippen LogP contribution in [-0.2, 0) is 9.53 Å². The largest absolute Gasteiger partial charge is 0.369 e. The lowest BCUT2D eigenvalue weighted by molar-refractivity contribution is -0.152. The summed E-state index contributed by atoms with van der Waals surface area (Å²) < 4.78 is 5.31. The smallest absolute Gasteiger partial charge is 0.254 e. The first-order valence-electron chi connectivity index (χ1n) is 6.64. The number of hydrogen-bond donors (Lipinski definition) is 1. The van der Waals surface area contributed by atoms with Crippen LogP contribution in [0.15, 0.2) is 0 Å². The van der Waals surface area contributed by atoms with Gasteiger partial charge in [0.1, 0.15) is 5.60 Å². The number of ether oxygens (including phenoxy) is 1. The Morgan fingerprint density at radius 1 is 1.41 bits per heavy atom. The number of hydrogen-bond acceptors (Lipinski definition) is 3. The average Bonchev–Trinajstić information content (AvgIpc) is 3.03. The summed E-state index contributed by atoms with van der Waals surface area (Å²) in [5, 5.41) is 3.46. The van der Waals surface area contributed by atoms with E-state index in [4.69, 9.17) is 4.74 Å². The maximum atomic E-state index is 12.4. The van der Waals surface area contributed by atoms with Crippen molar-refractivity contribution >= 4 is 5.91 Å². The van der Waals surface area contributed by atoms with Crippen molar-refractivity contribution < 1.29 is 9.53 Å². The standard InChI is InChI=1S/C13H24N2O2/c1-13(2,17-3)12(16)15(11-6-7-11)9-10-5-4-8-14-10/h10-11,14H,4-9H2,1-3H3. The average molecular weight is 240 g/mol. The second-order valence-corrected chi connectivity index (χ2v) is 5.70. The van der Waals surface area contributed by atoms with Gasteiger partial charge in [0.15, 0.2) is 0 Å². The van der Waals surface area contributed by atoms with Gasteiger partial charge in [-0.25, -0.2) is 0 Å². The molecule has 0 aromatic heterocycles. The first kappa shape index (κ1) is 12.8. The molecule has 2 fully saturated rings. The highest BCUT2D eigenvalue weighted by molar-refractivity contribution is 5.85. The lowest BCUT2D eigenvalue weighted by atomic mass is 10.1.